The number of nitrogens with one attached hydrogen (secondary N) is 1. The highest BCUT2D eigenvalue weighted by atomic mass is 79.9. The minimum atomic E-state index is -0.700. The average Bonchev–Trinajstić information content (AvgIpc) is 2.45. The van der Waals surface area contributed by atoms with E-state index in [-0.39, 0.29) is 5.56 Å². The Bertz CT molecular complexity index is 559. The molecule has 1 aliphatic rings. The number of anilines is 1. The lowest BCUT2D eigenvalue weighted by atomic mass is 9.71. The molecule has 1 aromatic rings. The molecule has 0 spiro atoms. The van der Waals surface area contributed by atoms with E-state index in [1.807, 2.05) is 6.92 Å². The van der Waals surface area contributed by atoms with Gasteiger partial charge in [0.1, 0.15) is 4.47 Å². The van der Waals surface area contributed by atoms with E-state index in [2.05, 4.69) is 40.2 Å². The monoisotopic (exact) mass is 357 g/mol. The molecule has 0 saturated heterocycles. The lowest BCUT2D eigenvalue weighted by molar-refractivity contribution is -0.0145. The number of aromatic nitrogens is 2. The van der Waals surface area contributed by atoms with Crippen LogP contribution in [-0.2, 0) is 6.54 Å². The number of rotatable bonds is 4. The van der Waals surface area contributed by atoms with Crippen LogP contribution in [0.25, 0.3) is 0 Å². The number of aryl methyl sites for hydroxylation is 1. The normalized spacial score (nSPS) is 20.2. The summed E-state index contributed by atoms with van der Waals surface area (Å²) in [6, 6.07) is 0. The SMILES string of the molecule is CCn1ncc(NCC2(O)CCC(C)(C)CC2)c(Br)c1=O. The molecule has 0 radical (unpaired) electrons. The molecule has 1 aliphatic carbocycles. The van der Waals surface area contributed by atoms with Gasteiger partial charge in [-0.1, -0.05) is 13.8 Å². The number of nitrogens with zero attached hydrogens (tertiary/aromatic N) is 2. The van der Waals surface area contributed by atoms with Gasteiger partial charge in [0.25, 0.3) is 5.56 Å². The minimum absolute atomic E-state index is 0.153. The van der Waals surface area contributed by atoms with Crippen molar-refractivity contribution in [1.29, 1.82) is 0 Å². The van der Waals surface area contributed by atoms with Crippen LogP contribution in [0.5, 0.6) is 0 Å². The first-order chi connectivity index (χ1) is 9.76. The van der Waals surface area contributed by atoms with Gasteiger partial charge in [0.15, 0.2) is 0 Å². The van der Waals surface area contributed by atoms with Crippen LogP contribution in [0.15, 0.2) is 15.5 Å². The molecular weight excluding hydrogens is 334 g/mol. The molecular formula is C15H24BrN3O2. The number of halogens is 1. The highest BCUT2D eigenvalue weighted by Gasteiger charge is 2.36. The summed E-state index contributed by atoms with van der Waals surface area (Å²) in [6.45, 7) is 7.34. The first kappa shape index (κ1) is 16.5. The number of aliphatic hydroxyl groups is 1. The van der Waals surface area contributed by atoms with Crippen LogP contribution in [0.2, 0.25) is 0 Å². The summed E-state index contributed by atoms with van der Waals surface area (Å²) < 4.78 is 1.87. The molecule has 0 atom stereocenters. The zero-order valence-electron chi connectivity index (χ0n) is 12.9. The van der Waals surface area contributed by atoms with Gasteiger partial charge >= 0.3 is 0 Å². The van der Waals surface area contributed by atoms with E-state index in [4.69, 9.17) is 0 Å². The van der Waals surface area contributed by atoms with Gasteiger partial charge in [-0.3, -0.25) is 4.79 Å². The second-order valence-electron chi connectivity index (χ2n) is 6.74. The van der Waals surface area contributed by atoms with Crippen molar-refractivity contribution in [1.82, 2.24) is 9.78 Å². The van der Waals surface area contributed by atoms with E-state index in [9.17, 15) is 9.90 Å². The third-order valence-corrected chi connectivity index (χ3v) is 5.19. The predicted molar refractivity (Wildman–Crippen MR) is 87.6 cm³/mol. The molecule has 5 nitrogen and oxygen atoms in total. The van der Waals surface area contributed by atoms with Crippen molar-refractivity contribution in [3.63, 3.8) is 0 Å². The van der Waals surface area contributed by atoms with Crippen LogP contribution in [-0.4, -0.2) is 27.0 Å². The third-order valence-electron chi connectivity index (χ3n) is 4.43. The fraction of sp³-hybridized carbons (Fsp3) is 0.733. The van der Waals surface area contributed by atoms with E-state index in [0.29, 0.717) is 28.7 Å². The Morgan fingerprint density at radius 3 is 2.57 bits per heavy atom. The summed E-state index contributed by atoms with van der Waals surface area (Å²) in [6.07, 6.45) is 5.23. The molecule has 118 valence electrons. The Balaban J connectivity index is 2.04. The van der Waals surface area contributed by atoms with Crippen LogP contribution in [0.3, 0.4) is 0 Å². The molecule has 0 aliphatic heterocycles. The Morgan fingerprint density at radius 2 is 2.00 bits per heavy atom. The van der Waals surface area contributed by atoms with Crippen LogP contribution < -0.4 is 10.9 Å². The fourth-order valence-corrected chi connectivity index (χ4v) is 3.09. The van der Waals surface area contributed by atoms with Gasteiger partial charge in [0.2, 0.25) is 0 Å². The summed E-state index contributed by atoms with van der Waals surface area (Å²) >= 11 is 3.32. The highest BCUT2D eigenvalue weighted by molar-refractivity contribution is 9.10. The van der Waals surface area contributed by atoms with Crippen LogP contribution in [0.4, 0.5) is 5.69 Å². The van der Waals surface area contributed by atoms with E-state index in [1.54, 1.807) is 6.20 Å². The Morgan fingerprint density at radius 1 is 1.38 bits per heavy atom. The summed E-state index contributed by atoms with van der Waals surface area (Å²) in [5.41, 5.74) is 0.104. The largest absolute Gasteiger partial charge is 0.388 e. The molecule has 1 saturated carbocycles. The van der Waals surface area contributed by atoms with Gasteiger partial charge in [0, 0.05) is 13.1 Å². The van der Waals surface area contributed by atoms with E-state index < -0.39 is 5.60 Å². The lowest BCUT2D eigenvalue weighted by Crippen LogP contribution is -2.42. The Kier molecular flexibility index (Phi) is 4.78. The third kappa shape index (κ3) is 3.86. The predicted octanol–water partition coefficient (Wildman–Crippen LogP) is 2.77. The first-order valence-corrected chi connectivity index (χ1v) is 8.27. The van der Waals surface area contributed by atoms with Gasteiger partial charge in [-0.25, -0.2) is 4.68 Å². The zero-order chi connectivity index (χ0) is 15.7. The summed E-state index contributed by atoms with van der Waals surface area (Å²) in [5, 5.41) is 17.9. The topological polar surface area (TPSA) is 67.2 Å². The highest BCUT2D eigenvalue weighted by Crippen LogP contribution is 2.40. The lowest BCUT2D eigenvalue weighted by Gasteiger charge is -2.40. The van der Waals surface area contributed by atoms with Gasteiger partial charge < -0.3 is 10.4 Å². The van der Waals surface area contributed by atoms with Crippen molar-refractivity contribution in [2.45, 2.75) is 58.6 Å². The second-order valence-corrected chi connectivity index (χ2v) is 7.53. The first-order valence-electron chi connectivity index (χ1n) is 7.48. The average molecular weight is 358 g/mol. The molecule has 1 aromatic heterocycles. The van der Waals surface area contributed by atoms with Crippen molar-refractivity contribution in [2.24, 2.45) is 5.41 Å². The molecule has 6 heteroatoms. The molecule has 2 rings (SSSR count). The molecule has 21 heavy (non-hydrogen) atoms. The molecule has 1 fully saturated rings. The smallest absolute Gasteiger partial charge is 0.283 e. The molecule has 0 aromatic carbocycles. The van der Waals surface area contributed by atoms with E-state index >= 15 is 0 Å². The molecule has 0 bridgehead atoms. The van der Waals surface area contributed by atoms with Crippen molar-refractivity contribution < 1.29 is 5.11 Å². The van der Waals surface area contributed by atoms with Crippen molar-refractivity contribution in [3.8, 4) is 0 Å². The maximum atomic E-state index is 12.0. The van der Waals surface area contributed by atoms with Gasteiger partial charge in [-0.15, -0.1) is 0 Å². The molecule has 0 unspecified atom stereocenters. The maximum Gasteiger partial charge on any atom is 0.283 e. The van der Waals surface area contributed by atoms with Crippen LogP contribution in [0.1, 0.15) is 46.5 Å². The van der Waals surface area contributed by atoms with Crippen molar-refractivity contribution in [2.75, 3.05) is 11.9 Å². The molecule has 1 heterocycles. The fourth-order valence-electron chi connectivity index (χ4n) is 2.64. The summed E-state index contributed by atoms with van der Waals surface area (Å²) in [5.74, 6) is 0. The maximum absolute atomic E-state index is 12.0. The number of hydrogen-bond donors (Lipinski definition) is 2. The molecule has 0 amide bonds. The molecule has 2 N–H and O–H groups in total. The standard InChI is InChI=1S/C15H24BrN3O2/c1-4-19-13(20)12(16)11(9-18-19)17-10-15(21)7-5-14(2,3)6-8-15/h9,17,21H,4-8,10H2,1-3H3. The second kappa shape index (κ2) is 6.08. The quantitative estimate of drug-likeness (QED) is 0.869. The summed E-state index contributed by atoms with van der Waals surface area (Å²) in [4.78, 5) is 12.0. The van der Waals surface area contributed by atoms with Gasteiger partial charge in [-0.2, -0.15) is 5.10 Å². The van der Waals surface area contributed by atoms with E-state index in [0.717, 1.165) is 25.7 Å². The Hall–Kier alpha value is -0.880. The van der Waals surface area contributed by atoms with E-state index in [1.165, 1.54) is 4.68 Å². The van der Waals surface area contributed by atoms with Gasteiger partial charge in [-0.05, 0) is 54.0 Å². The Labute approximate surface area is 133 Å². The zero-order valence-corrected chi connectivity index (χ0v) is 14.5. The van der Waals surface area contributed by atoms with Gasteiger partial charge in [0.05, 0.1) is 17.5 Å². The summed E-state index contributed by atoms with van der Waals surface area (Å²) in [7, 11) is 0. The number of hydrogen-bond acceptors (Lipinski definition) is 4. The van der Waals surface area contributed by atoms with Crippen molar-refractivity contribution >= 4 is 21.6 Å². The van der Waals surface area contributed by atoms with Crippen molar-refractivity contribution in [3.05, 3.63) is 21.0 Å². The minimum Gasteiger partial charge on any atom is -0.388 e. The van der Waals surface area contributed by atoms with Crippen LogP contribution in [0, 0.1) is 5.41 Å². The van der Waals surface area contributed by atoms with Crippen LogP contribution >= 0.6 is 15.9 Å².